The molecule has 0 aliphatic heterocycles. The molecule has 2 aromatic carbocycles. The van der Waals surface area contributed by atoms with Crippen LogP contribution in [0.5, 0.6) is 5.75 Å². The highest BCUT2D eigenvalue weighted by atomic mass is 19.4. The van der Waals surface area contributed by atoms with Gasteiger partial charge < -0.3 is 15.0 Å². The van der Waals surface area contributed by atoms with E-state index in [2.05, 4.69) is 4.98 Å². The Morgan fingerprint density at radius 3 is 2.03 bits per heavy atom. The topological polar surface area (TPSA) is 73.4 Å². The van der Waals surface area contributed by atoms with Gasteiger partial charge in [0.2, 0.25) is 0 Å². The second-order valence-electron chi connectivity index (χ2n) is 6.35. The van der Waals surface area contributed by atoms with Crippen LogP contribution < -0.4 is 10.5 Å². The van der Waals surface area contributed by atoms with Gasteiger partial charge in [-0.1, -0.05) is 12.1 Å². The molecule has 0 radical (unpaired) electrons. The number of aromatic hydroxyl groups is 1. The molecule has 0 atom stereocenters. The zero-order valence-electron chi connectivity index (χ0n) is 15.0. The molecule has 0 unspecified atom stereocenters. The van der Waals surface area contributed by atoms with Crippen molar-refractivity contribution < 1.29 is 36.2 Å². The maximum Gasteiger partial charge on any atom is 0.416 e. The molecule has 0 spiro atoms. The average molecular weight is 430 g/mol. The number of pyridine rings is 1. The van der Waals surface area contributed by atoms with Gasteiger partial charge in [0, 0.05) is 18.1 Å². The lowest BCUT2D eigenvalue weighted by molar-refractivity contribution is -0.143. The van der Waals surface area contributed by atoms with Gasteiger partial charge in [0.05, 0.1) is 16.6 Å². The molecule has 3 rings (SSSR count). The summed E-state index contributed by atoms with van der Waals surface area (Å²) in [5.74, 6) is -2.03. The van der Waals surface area contributed by atoms with Crippen molar-refractivity contribution in [1.82, 2.24) is 4.98 Å². The maximum absolute atomic E-state index is 13.1. The number of carbonyl (C=O) groups is 1. The number of nitrogens with zero attached hydrogens (tertiary/aromatic N) is 1. The summed E-state index contributed by atoms with van der Waals surface area (Å²) >= 11 is 0. The van der Waals surface area contributed by atoms with Crippen LogP contribution in [0.4, 0.5) is 32.0 Å². The predicted octanol–water partition coefficient (Wildman–Crippen LogP) is 4.55. The van der Waals surface area contributed by atoms with Crippen molar-refractivity contribution in [3.8, 4) is 5.75 Å². The summed E-state index contributed by atoms with van der Waals surface area (Å²) in [5, 5.41) is 10.4. The Morgan fingerprint density at radius 2 is 1.50 bits per heavy atom. The molecule has 11 heteroatoms. The minimum absolute atomic E-state index is 0.0777. The van der Waals surface area contributed by atoms with Crippen molar-refractivity contribution >= 4 is 22.5 Å². The fourth-order valence-corrected chi connectivity index (χ4v) is 2.84. The molecule has 3 aromatic rings. The van der Waals surface area contributed by atoms with Gasteiger partial charge in [-0.05, 0) is 30.3 Å². The van der Waals surface area contributed by atoms with Crippen molar-refractivity contribution in [3.63, 3.8) is 0 Å². The molecule has 0 bridgehead atoms. The van der Waals surface area contributed by atoms with Crippen LogP contribution in [0.2, 0.25) is 0 Å². The largest absolute Gasteiger partial charge is 0.506 e. The SMILES string of the molecule is CN(C(=O)c1c(O)c2ccccc2[nH]c1=O)c1cc(C(F)(F)F)cc(C(F)(F)F)c1. The molecular formula is C19H12F6N2O3. The van der Waals surface area contributed by atoms with Gasteiger partial charge in [-0.3, -0.25) is 9.59 Å². The van der Waals surface area contributed by atoms with E-state index < -0.39 is 51.9 Å². The smallest absolute Gasteiger partial charge is 0.416 e. The van der Waals surface area contributed by atoms with Crippen LogP contribution in [0, 0.1) is 0 Å². The van der Waals surface area contributed by atoms with E-state index in [1.807, 2.05) is 0 Å². The van der Waals surface area contributed by atoms with Crippen molar-refractivity contribution in [2.24, 2.45) is 0 Å². The highest BCUT2D eigenvalue weighted by Crippen LogP contribution is 2.38. The molecule has 0 aliphatic carbocycles. The summed E-state index contributed by atoms with van der Waals surface area (Å²) in [6, 6.07) is 6.48. The molecule has 1 heterocycles. The van der Waals surface area contributed by atoms with Gasteiger partial charge in [0.1, 0.15) is 11.3 Å². The van der Waals surface area contributed by atoms with E-state index in [1.54, 1.807) is 6.07 Å². The minimum Gasteiger partial charge on any atom is -0.506 e. The first-order chi connectivity index (χ1) is 13.8. The number of fused-ring (bicyclic) bond motifs is 1. The first-order valence-corrected chi connectivity index (χ1v) is 8.22. The fourth-order valence-electron chi connectivity index (χ4n) is 2.84. The van der Waals surface area contributed by atoms with Crippen molar-refractivity contribution in [2.45, 2.75) is 12.4 Å². The lowest BCUT2D eigenvalue weighted by atomic mass is 10.1. The van der Waals surface area contributed by atoms with Crippen LogP contribution >= 0.6 is 0 Å². The third-order valence-corrected chi connectivity index (χ3v) is 4.37. The highest BCUT2D eigenvalue weighted by molar-refractivity contribution is 6.10. The van der Waals surface area contributed by atoms with E-state index in [0.29, 0.717) is 17.0 Å². The molecule has 2 N–H and O–H groups in total. The summed E-state index contributed by atoms with van der Waals surface area (Å²) in [7, 11) is 0.895. The first kappa shape index (κ1) is 21.2. The summed E-state index contributed by atoms with van der Waals surface area (Å²) in [6.07, 6.45) is -10.2. The molecule has 30 heavy (non-hydrogen) atoms. The monoisotopic (exact) mass is 430 g/mol. The molecule has 0 fully saturated rings. The van der Waals surface area contributed by atoms with Gasteiger partial charge in [-0.25, -0.2) is 0 Å². The molecule has 5 nitrogen and oxygen atoms in total. The van der Waals surface area contributed by atoms with Crippen molar-refractivity contribution in [2.75, 3.05) is 11.9 Å². The zero-order valence-corrected chi connectivity index (χ0v) is 15.0. The van der Waals surface area contributed by atoms with Gasteiger partial charge in [-0.2, -0.15) is 26.3 Å². The number of carbonyl (C=O) groups excluding carboxylic acids is 1. The van der Waals surface area contributed by atoms with E-state index in [0.717, 1.165) is 7.05 Å². The maximum atomic E-state index is 13.1. The van der Waals surface area contributed by atoms with E-state index in [-0.39, 0.29) is 17.0 Å². The molecule has 0 saturated carbocycles. The Morgan fingerprint density at radius 1 is 0.967 bits per heavy atom. The Hall–Kier alpha value is -3.50. The summed E-state index contributed by atoms with van der Waals surface area (Å²) < 4.78 is 78.4. The zero-order chi connectivity index (χ0) is 22.4. The van der Waals surface area contributed by atoms with Crippen LogP contribution in [0.1, 0.15) is 21.5 Å². The van der Waals surface area contributed by atoms with E-state index in [1.165, 1.54) is 18.2 Å². The Labute approximate surface area is 164 Å². The lowest BCUT2D eigenvalue weighted by Gasteiger charge is -2.21. The van der Waals surface area contributed by atoms with Crippen LogP contribution in [0.15, 0.2) is 47.3 Å². The van der Waals surface area contributed by atoms with E-state index in [9.17, 15) is 41.0 Å². The number of halogens is 6. The molecule has 1 aromatic heterocycles. The Kier molecular flexibility index (Phi) is 5.01. The average Bonchev–Trinajstić information content (AvgIpc) is 2.65. The predicted molar refractivity (Wildman–Crippen MR) is 95.4 cm³/mol. The molecular weight excluding hydrogens is 418 g/mol. The van der Waals surface area contributed by atoms with Gasteiger partial charge in [-0.15, -0.1) is 0 Å². The van der Waals surface area contributed by atoms with Gasteiger partial charge in [0.25, 0.3) is 11.5 Å². The number of hydrogen-bond donors (Lipinski definition) is 2. The van der Waals surface area contributed by atoms with Crippen LogP contribution in [-0.2, 0) is 12.4 Å². The van der Waals surface area contributed by atoms with E-state index in [4.69, 9.17) is 0 Å². The first-order valence-electron chi connectivity index (χ1n) is 8.22. The summed E-state index contributed by atoms with van der Waals surface area (Å²) in [6.45, 7) is 0. The van der Waals surface area contributed by atoms with Crippen LogP contribution in [0.25, 0.3) is 10.9 Å². The number of aromatic amines is 1. The summed E-state index contributed by atoms with van der Waals surface area (Å²) in [4.78, 5) is 27.8. The number of H-pyrrole nitrogens is 1. The third-order valence-electron chi connectivity index (χ3n) is 4.37. The fraction of sp³-hybridized carbons (Fsp3) is 0.158. The number of rotatable bonds is 2. The highest BCUT2D eigenvalue weighted by Gasteiger charge is 2.38. The lowest BCUT2D eigenvalue weighted by Crippen LogP contribution is -2.32. The van der Waals surface area contributed by atoms with Gasteiger partial charge in [0.15, 0.2) is 0 Å². The molecule has 0 saturated heterocycles. The minimum atomic E-state index is -5.11. The van der Waals surface area contributed by atoms with Crippen molar-refractivity contribution in [1.29, 1.82) is 0 Å². The number of para-hydroxylation sites is 1. The molecule has 158 valence electrons. The van der Waals surface area contributed by atoms with Gasteiger partial charge >= 0.3 is 12.4 Å². The second kappa shape index (κ2) is 7.08. The number of benzene rings is 2. The number of alkyl halides is 6. The standard InChI is InChI=1S/C19H12F6N2O3/c1-27(11-7-9(18(20,21)22)6-10(8-11)19(23,24)25)17(30)14-15(28)12-4-2-3-5-13(12)26-16(14)29/h2-8H,1H3,(H2,26,28,29). The number of aromatic nitrogens is 1. The number of amides is 1. The number of anilines is 1. The Bertz CT molecular complexity index is 1170. The Balaban J connectivity index is 2.16. The molecule has 1 amide bonds. The number of nitrogens with one attached hydrogen (secondary N) is 1. The van der Waals surface area contributed by atoms with Crippen LogP contribution in [0.3, 0.4) is 0 Å². The van der Waals surface area contributed by atoms with Crippen molar-refractivity contribution in [3.05, 3.63) is 69.5 Å². The van der Waals surface area contributed by atoms with Crippen LogP contribution in [-0.4, -0.2) is 23.0 Å². The number of hydrogen-bond acceptors (Lipinski definition) is 3. The second-order valence-corrected chi connectivity index (χ2v) is 6.35. The molecule has 0 aliphatic rings. The normalized spacial score (nSPS) is 12.2. The summed E-state index contributed by atoms with van der Waals surface area (Å²) in [5.41, 5.74) is -5.67. The quantitative estimate of drug-likeness (QED) is 0.586. The third kappa shape index (κ3) is 3.82. The van der Waals surface area contributed by atoms with E-state index >= 15 is 0 Å².